The van der Waals surface area contributed by atoms with E-state index in [2.05, 4.69) is 10.8 Å². The van der Waals surface area contributed by atoms with Gasteiger partial charge < -0.3 is 9.84 Å². The Labute approximate surface area is 91.1 Å². The quantitative estimate of drug-likeness (QED) is 0.493. The van der Waals surface area contributed by atoms with Crippen LogP contribution in [-0.2, 0) is 4.74 Å². The van der Waals surface area contributed by atoms with Gasteiger partial charge in [-0.1, -0.05) is 11.6 Å². The lowest BCUT2D eigenvalue weighted by atomic mass is 10.1. The summed E-state index contributed by atoms with van der Waals surface area (Å²) in [6.07, 6.45) is 6.96. The molecule has 0 spiro atoms. The molecule has 2 aliphatic carbocycles. The Kier molecular flexibility index (Phi) is 3.77. The molecule has 0 aromatic heterocycles. The van der Waals surface area contributed by atoms with Crippen LogP contribution >= 0.6 is 0 Å². The fraction of sp³-hybridized carbons (Fsp3) is 0.750. The topological polar surface area (TPSA) is 46.5 Å². The third-order valence-corrected chi connectivity index (χ3v) is 2.56. The molecule has 0 aromatic carbocycles. The van der Waals surface area contributed by atoms with Gasteiger partial charge in [0.1, 0.15) is 5.60 Å². The van der Waals surface area contributed by atoms with E-state index in [1.807, 2.05) is 0 Å². The van der Waals surface area contributed by atoms with Crippen LogP contribution in [0.4, 0.5) is 4.79 Å². The Balaban J connectivity index is 0.000000150. The Morgan fingerprint density at radius 1 is 1.53 bits per heavy atom. The maximum Gasteiger partial charge on any atom is 0.506 e. The monoisotopic (exact) mass is 212 g/mol. The van der Waals surface area contributed by atoms with Crippen molar-refractivity contribution < 1.29 is 14.6 Å². The highest BCUT2D eigenvalue weighted by atomic mass is 16.7. The first-order valence-electron chi connectivity index (χ1n) is 5.46. The third-order valence-electron chi connectivity index (χ3n) is 2.56. The zero-order valence-electron chi connectivity index (χ0n) is 9.75. The Morgan fingerprint density at radius 3 is 2.27 bits per heavy atom. The summed E-state index contributed by atoms with van der Waals surface area (Å²) in [4.78, 5) is 9.79. The molecule has 3 nitrogen and oxygen atoms in total. The molecule has 0 aromatic rings. The molecular weight excluding hydrogens is 192 g/mol. The summed E-state index contributed by atoms with van der Waals surface area (Å²) in [6.45, 7) is 5.04. The van der Waals surface area contributed by atoms with Crippen LogP contribution in [0.25, 0.3) is 0 Å². The van der Waals surface area contributed by atoms with E-state index in [4.69, 9.17) is 5.11 Å². The lowest BCUT2D eigenvalue weighted by Crippen LogP contribution is -2.22. The predicted molar refractivity (Wildman–Crippen MR) is 58.9 cm³/mol. The van der Waals surface area contributed by atoms with Crippen molar-refractivity contribution >= 4 is 6.16 Å². The lowest BCUT2D eigenvalue weighted by molar-refractivity contribution is 0.0150. The van der Waals surface area contributed by atoms with Gasteiger partial charge in [0.05, 0.1) is 0 Å². The van der Waals surface area contributed by atoms with Crippen molar-refractivity contribution in [3.63, 3.8) is 0 Å². The zero-order chi connectivity index (χ0) is 11.5. The second kappa shape index (κ2) is 4.69. The average Bonchev–Trinajstić information content (AvgIpc) is 2.61. The normalized spacial score (nSPS) is 22.9. The van der Waals surface area contributed by atoms with E-state index in [-0.39, 0.29) is 0 Å². The second-order valence-electron chi connectivity index (χ2n) is 5.19. The first kappa shape index (κ1) is 12.1. The number of carboxylic acid groups (broad SMARTS) is 1. The van der Waals surface area contributed by atoms with Gasteiger partial charge in [-0.2, -0.15) is 0 Å². The summed E-state index contributed by atoms with van der Waals surface area (Å²) in [6, 6.07) is 0. The van der Waals surface area contributed by atoms with Gasteiger partial charge in [-0.15, -0.1) is 0 Å². The van der Waals surface area contributed by atoms with Crippen molar-refractivity contribution in [2.75, 3.05) is 0 Å². The van der Waals surface area contributed by atoms with Crippen LogP contribution in [0.3, 0.4) is 0 Å². The maximum absolute atomic E-state index is 9.79. The van der Waals surface area contributed by atoms with E-state index in [1.54, 1.807) is 26.3 Å². The highest BCUT2D eigenvalue weighted by Gasteiger charge is 2.22. The fourth-order valence-electron chi connectivity index (χ4n) is 1.95. The summed E-state index contributed by atoms with van der Waals surface area (Å²) in [5, 5.41) is 8.03. The molecule has 0 heterocycles. The summed E-state index contributed by atoms with van der Waals surface area (Å²) < 4.78 is 4.35. The first-order valence-corrected chi connectivity index (χ1v) is 5.46. The van der Waals surface area contributed by atoms with Gasteiger partial charge in [-0.25, -0.2) is 4.79 Å². The van der Waals surface area contributed by atoms with Crippen molar-refractivity contribution in [1.29, 1.82) is 0 Å². The van der Waals surface area contributed by atoms with Crippen LogP contribution in [0.2, 0.25) is 0 Å². The molecule has 1 atom stereocenters. The maximum atomic E-state index is 9.79. The predicted octanol–water partition coefficient (Wildman–Crippen LogP) is 3.60. The van der Waals surface area contributed by atoms with Gasteiger partial charge in [-0.3, -0.25) is 0 Å². The van der Waals surface area contributed by atoms with Crippen molar-refractivity contribution in [2.24, 2.45) is 5.92 Å². The largest absolute Gasteiger partial charge is 0.506 e. The molecule has 2 aliphatic rings. The van der Waals surface area contributed by atoms with Crippen LogP contribution in [0.1, 0.15) is 46.5 Å². The van der Waals surface area contributed by atoms with Gasteiger partial charge in [0.15, 0.2) is 0 Å². The summed E-state index contributed by atoms with van der Waals surface area (Å²) in [5.41, 5.74) is 1.16. The van der Waals surface area contributed by atoms with Crippen LogP contribution in [0, 0.1) is 5.92 Å². The minimum absolute atomic E-state index is 0.578. The lowest BCUT2D eigenvalue weighted by Gasteiger charge is -2.15. The van der Waals surface area contributed by atoms with Gasteiger partial charge in [0, 0.05) is 0 Å². The molecule has 0 radical (unpaired) electrons. The van der Waals surface area contributed by atoms with E-state index in [1.165, 1.54) is 25.7 Å². The van der Waals surface area contributed by atoms with Crippen molar-refractivity contribution in [2.45, 2.75) is 52.1 Å². The first-order chi connectivity index (χ1) is 6.87. The van der Waals surface area contributed by atoms with Gasteiger partial charge in [-0.05, 0) is 52.4 Å². The average molecular weight is 212 g/mol. The summed E-state index contributed by atoms with van der Waals surface area (Å²) in [7, 11) is 0. The van der Waals surface area contributed by atoms with Crippen molar-refractivity contribution in [3.05, 3.63) is 11.6 Å². The van der Waals surface area contributed by atoms with Gasteiger partial charge >= 0.3 is 6.16 Å². The second-order valence-corrected chi connectivity index (χ2v) is 5.19. The van der Waals surface area contributed by atoms with Crippen LogP contribution in [-0.4, -0.2) is 16.9 Å². The third kappa shape index (κ3) is 4.86. The number of hydrogen-bond acceptors (Lipinski definition) is 2. The Hall–Kier alpha value is -0.990. The van der Waals surface area contributed by atoms with Crippen LogP contribution in [0.15, 0.2) is 11.6 Å². The minimum Gasteiger partial charge on any atom is -0.450 e. The standard InChI is InChI=1S/C7H10.C5H10O3/c1-2-7-4-3-6(1)5-7;1-5(2,3)8-4(6)7/h1,7H,2-5H2;1-3H3,(H,6,7). The van der Waals surface area contributed by atoms with E-state index in [0.29, 0.717) is 0 Å². The van der Waals surface area contributed by atoms with E-state index < -0.39 is 11.8 Å². The molecule has 0 saturated heterocycles. The Bertz CT molecular complexity index is 261. The molecule has 15 heavy (non-hydrogen) atoms. The van der Waals surface area contributed by atoms with Crippen molar-refractivity contribution in [3.8, 4) is 0 Å². The number of allylic oxidation sites excluding steroid dienone is 2. The molecule has 0 aliphatic heterocycles. The van der Waals surface area contributed by atoms with E-state index in [0.717, 1.165) is 5.92 Å². The molecule has 1 unspecified atom stereocenters. The molecule has 2 rings (SSSR count). The molecular formula is C12H20O3. The van der Waals surface area contributed by atoms with Crippen LogP contribution in [0.5, 0.6) is 0 Å². The number of ether oxygens (including phenoxy) is 1. The number of rotatable bonds is 0. The highest BCUT2D eigenvalue weighted by Crippen LogP contribution is 2.38. The van der Waals surface area contributed by atoms with Gasteiger partial charge in [0.2, 0.25) is 0 Å². The minimum atomic E-state index is -1.22. The molecule has 1 N–H and O–H groups in total. The number of hydrogen-bond donors (Lipinski definition) is 1. The molecule has 86 valence electrons. The smallest absolute Gasteiger partial charge is 0.450 e. The fourth-order valence-corrected chi connectivity index (χ4v) is 1.95. The molecule has 0 amide bonds. The number of fused-ring (bicyclic) bond motifs is 2. The number of carbonyl (C=O) groups is 1. The summed E-state index contributed by atoms with van der Waals surface area (Å²) in [5.74, 6) is 1.08. The highest BCUT2D eigenvalue weighted by molar-refractivity contribution is 5.57. The molecule has 1 fully saturated rings. The Morgan fingerprint density at radius 2 is 2.20 bits per heavy atom. The van der Waals surface area contributed by atoms with Gasteiger partial charge in [0.25, 0.3) is 0 Å². The summed E-state index contributed by atoms with van der Waals surface area (Å²) >= 11 is 0. The zero-order valence-corrected chi connectivity index (χ0v) is 9.75. The van der Waals surface area contributed by atoms with Crippen molar-refractivity contribution in [1.82, 2.24) is 0 Å². The van der Waals surface area contributed by atoms with E-state index in [9.17, 15) is 4.79 Å². The van der Waals surface area contributed by atoms with E-state index >= 15 is 0 Å². The SMILES string of the molecule is C1=C2CCC(C1)C2.CC(C)(C)OC(=O)O. The molecule has 1 saturated carbocycles. The molecule has 2 bridgehead atoms. The van der Waals surface area contributed by atoms with Crippen LogP contribution < -0.4 is 0 Å². The molecule has 3 heteroatoms.